The Bertz CT molecular complexity index is 216. The molecule has 3 unspecified atom stereocenters. The minimum atomic E-state index is -0.329. The van der Waals surface area contributed by atoms with Crippen LogP contribution in [0.15, 0.2) is 0 Å². The molecule has 0 aliphatic heterocycles. The number of hydrogen-bond acceptors (Lipinski definition) is 2. The van der Waals surface area contributed by atoms with Crippen LogP contribution in [0.1, 0.15) is 52.4 Å². The summed E-state index contributed by atoms with van der Waals surface area (Å²) in [4.78, 5) is 11.8. The van der Waals surface area contributed by atoms with Gasteiger partial charge in [0.1, 0.15) is 6.10 Å². The third kappa shape index (κ3) is 3.78. The summed E-state index contributed by atoms with van der Waals surface area (Å²) in [6, 6.07) is 0.374. The van der Waals surface area contributed by atoms with E-state index in [1.165, 1.54) is 32.1 Å². The molecule has 3 atom stereocenters. The quantitative estimate of drug-likeness (QED) is 0.783. The maximum atomic E-state index is 11.8. The van der Waals surface area contributed by atoms with Gasteiger partial charge in [0.15, 0.2) is 0 Å². The Morgan fingerprint density at radius 2 is 2.12 bits per heavy atom. The molecule has 0 aromatic heterocycles. The fourth-order valence-corrected chi connectivity index (χ4v) is 2.52. The van der Waals surface area contributed by atoms with E-state index in [1.54, 1.807) is 14.0 Å². The number of methoxy groups -OCH3 is 1. The molecular weight excluding hydrogens is 202 g/mol. The van der Waals surface area contributed by atoms with Gasteiger partial charge in [0.25, 0.3) is 0 Å². The summed E-state index contributed by atoms with van der Waals surface area (Å²) in [6.45, 7) is 4.01. The van der Waals surface area contributed by atoms with Gasteiger partial charge < -0.3 is 10.1 Å². The van der Waals surface area contributed by atoms with Gasteiger partial charge in [0, 0.05) is 13.2 Å². The van der Waals surface area contributed by atoms with Crippen molar-refractivity contribution < 1.29 is 9.53 Å². The van der Waals surface area contributed by atoms with Crippen LogP contribution in [0.25, 0.3) is 0 Å². The second-order valence-corrected chi connectivity index (χ2v) is 4.83. The first kappa shape index (κ1) is 13.5. The fraction of sp³-hybridized carbons (Fsp3) is 0.923. The second-order valence-electron chi connectivity index (χ2n) is 4.83. The van der Waals surface area contributed by atoms with Crippen molar-refractivity contribution in [3.63, 3.8) is 0 Å². The van der Waals surface area contributed by atoms with E-state index in [0.29, 0.717) is 12.0 Å². The molecule has 1 fully saturated rings. The molecule has 94 valence electrons. The molecule has 0 aromatic rings. The predicted molar refractivity (Wildman–Crippen MR) is 65.3 cm³/mol. The Morgan fingerprint density at radius 1 is 1.44 bits per heavy atom. The van der Waals surface area contributed by atoms with Crippen LogP contribution in [0, 0.1) is 5.92 Å². The largest absolute Gasteiger partial charge is 0.372 e. The second kappa shape index (κ2) is 6.89. The molecule has 1 aliphatic rings. The van der Waals surface area contributed by atoms with Crippen molar-refractivity contribution >= 4 is 5.91 Å². The highest BCUT2D eigenvalue weighted by Crippen LogP contribution is 2.28. The van der Waals surface area contributed by atoms with Gasteiger partial charge in [0.2, 0.25) is 5.91 Å². The van der Waals surface area contributed by atoms with Crippen molar-refractivity contribution in [1.82, 2.24) is 5.32 Å². The molecule has 3 heteroatoms. The van der Waals surface area contributed by atoms with Crippen LogP contribution >= 0.6 is 0 Å². The summed E-state index contributed by atoms with van der Waals surface area (Å²) in [5.74, 6) is 0.710. The summed E-state index contributed by atoms with van der Waals surface area (Å²) in [5, 5.41) is 3.14. The lowest BCUT2D eigenvalue weighted by atomic mass is 9.82. The minimum absolute atomic E-state index is 0.0375. The predicted octanol–water partition coefficient (Wildman–Crippen LogP) is 2.50. The number of ether oxygens (including phenoxy) is 1. The molecule has 0 saturated heterocycles. The monoisotopic (exact) mass is 227 g/mol. The van der Waals surface area contributed by atoms with Crippen molar-refractivity contribution in [3.05, 3.63) is 0 Å². The van der Waals surface area contributed by atoms with E-state index in [-0.39, 0.29) is 12.0 Å². The number of hydrogen-bond donors (Lipinski definition) is 1. The fourth-order valence-electron chi connectivity index (χ4n) is 2.52. The van der Waals surface area contributed by atoms with Crippen LogP contribution < -0.4 is 5.32 Å². The Kier molecular flexibility index (Phi) is 5.81. The summed E-state index contributed by atoms with van der Waals surface area (Å²) < 4.78 is 5.04. The lowest BCUT2D eigenvalue weighted by Gasteiger charge is -2.32. The summed E-state index contributed by atoms with van der Waals surface area (Å²) >= 11 is 0. The minimum Gasteiger partial charge on any atom is -0.372 e. The number of nitrogens with one attached hydrogen (secondary N) is 1. The number of rotatable bonds is 5. The van der Waals surface area contributed by atoms with Gasteiger partial charge in [-0.05, 0) is 32.1 Å². The SMILES string of the molecule is CCCC1CCCCC1NC(=O)C(C)OC. The van der Waals surface area contributed by atoms with Crippen LogP contribution in [0.2, 0.25) is 0 Å². The molecule has 0 radical (unpaired) electrons. The molecule has 0 bridgehead atoms. The first-order chi connectivity index (χ1) is 7.69. The highest BCUT2D eigenvalue weighted by atomic mass is 16.5. The zero-order chi connectivity index (χ0) is 12.0. The molecule has 1 amide bonds. The average molecular weight is 227 g/mol. The van der Waals surface area contributed by atoms with Gasteiger partial charge in [0.05, 0.1) is 0 Å². The Morgan fingerprint density at radius 3 is 2.75 bits per heavy atom. The van der Waals surface area contributed by atoms with Crippen LogP contribution in [0.3, 0.4) is 0 Å². The van der Waals surface area contributed by atoms with E-state index >= 15 is 0 Å². The Labute approximate surface area is 98.9 Å². The normalized spacial score (nSPS) is 27.4. The van der Waals surface area contributed by atoms with Crippen molar-refractivity contribution in [2.24, 2.45) is 5.92 Å². The van der Waals surface area contributed by atoms with Crippen LogP contribution in [-0.2, 0) is 9.53 Å². The first-order valence-corrected chi connectivity index (χ1v) is 6.52. The first-order valence-electron chi connectivity index (χ1n) is 6.52. The molecule has 1 aliphatic carbocycles. The smallest absolute Gasteiger partial charge is 0.249 e. The molecule has 0 spiro atoms. The van der Waals surface area contributed by atoms with Gasteiger partial charge in [-0.25, -0.2) is 0 Å². The maximum absolute atomic E-state index is 11.8. The third-order valence-electron chi connectivity index (χ3n) is 3.62. The summed E-state index contributed by atoms with van der Waals surface area (Å²) in [7, 11) is 1.58. The van der Waals surface area contributed by atoms with Crippen molar-refractivity contribution in [2.45, 2.75) is 64.5 Å². The van der Waals surface area contributed by atoms with Crippen molar-refractivity contribution in [2.75, 3.05) is 7.11 Å². The van der Waals surface area contributed by atoms with Gasteiger partial charge in [-0.2, -0.15) is 0 Å². The van der Waals surface area contributed by atoms with Gasteiger partial charge >= 0.3 is 0 Å². The zero-order valence-electron chi connectivity index (χ0n) is 10.8. The van der Waals surface area contributed by atoms with E-state index in [0.717, 1.165) is 6.42 Å². The molecular formula is C13H25NO2. The van der Waals surface area contributed by atoms with Gasteiger partial charge in [-0.3, -0.25) is 4.79 Å². The highest BCUT2D eigenvalue weighted by Gasteiger charge is 2.26. The van der Waals surface area contributed by atoms with Gasteiger partial charge in [-0.1, -0.05) is 26.2 Å². The van der Waals surface area contributed by atoms with E-state index in [1.807, 2.05) is 0 Å². The molecule has 0 heterocycles. The van der Waals surface area contributed by atoms with Crippen LogP contribution in [-0.4, -0.2) is 25.2 Å². The molecule has 1 rings (SSSR count). The summed E-state index contributed by atoms with van der Waals surface area (Å²) in [5.41, 5.74) is 0. The highest BCUT2D eigenvalue weighted by molar-refractivity contribution is 5.80. The number of carbonyl (C=O) groups is 1. The standard InChI is InChI=1S/C13H25NO2/c1-4-7-11-8-5-6-9-12(11)14-13(15)10(2)16-3/h10-12H,4-9H2,1-3H3,(H,14,15). The molecule has 3 nitrogen and oxygen atoms in total. The van der Waals surface area contributed by atoms with E-state index in [4.69, 9.17) is 4.74 Å². The Hall–Kier alpha value is -0.570. The summed E-state index contributed by atoms with van der Waals surface area (Å²) in [6.07, 6.45) is 7.06. The van der Waals surface area contributed by atoms with Crippen molar-refractivity contribution in [3.8, 4) is 0 Å². The van der Waals surface area contributed by atoms with Gasteiger partial charge in [-0.15, -0.1) is 0 Å². The molecule has 16 heavy (non-hydrogen) atoms. The molecule has 0 aromatic carbocycles. The lowest BCUT2D eigenvalue weighted by molar-refractivity contribution is -0.131. The average Bonchev–Trinajstić information content (AvgIpc) is 2.31. The van der Waals surface area contributed by atoms with E-state index in [9.17, 15) is 4.79 Å². The third-order valence-corrected chi connectivity index (χ3v) is 3.62. The van der Waals surface area contributed by atoms with Crippen LogP contribution in [0.4, 0.5) is 0 Å². The van der Waals surface area contributed by atoms with Crippen molar-refractivity contribution in [1.29, 1.82) is 0 Å². The Balaban J connectivity index is 2.45. The maximum Gasteiger partial charge on any atom is 0.249 e. The molecule has 1 saturated carbocycles. The van der Waals surface area contributed by atoms with E-state index < -0.39 is 0 Å². The lowest BCUT2D eigenvalue weighted by Crippen LogP contribution is -2.46. The molecule has 1 N–H and O–H groups in total. The van der Waals surface area contributed by atoms with Crippen LogP contribution in [0.5, 0.6) is 0 Å². The topological polar surface area (TPSA) is 38.3 Å². The number of carbonyl (C=O) groups excluding carboxylic acids is 1. The van der Waals surface area contributed by atoms with E-state index in [2.05, 4.69) is 12.2 Å². The number of amides is 1. The zero-order valence-corrected chi connectivity index (χ0v) is 10.8.